The Morgan fingerprint density at radius 2 is 2.15 bits per heavy atom. The molecule has 0 saturated heterocycles. The Morgan fingerprint density at radius 3 is 2.92 bits per heavy atom. The molecule has 6 nitrogen and oxygen atoms in total. The van der Waals surface area contributed by atoms with Gasteiger partial charge in [-0.05, 0) is 34.9 Å². The maximum Gasteiger partial charge on any atom is 0.256 e. The number of anilines is 2. The Hall–Kier alpha value is -3.37. The minimum Gasteiger partial charge on any atom is -0.398 e. The Balaban J connectivity index is 1.81. The van der Waals surface area contributed by atoms with Crippen LogP contribution in [0, 0.1) is 11.3 Å². The fourth-order valence-electron chi connectivity index (χ4n) is 3.28. The van der Waals surface area contributed by atoms with Crippen LogP contribution < -0.4 is 11.5 Å². The minimum absolute atomic E-state index is 0.168. The lowest BCUT2D eigenvalue weighted by Gasteiger charge is -2.14. The molecule has 26 heavy (non-hydrogen) atoms. The van der Waals surface area contributed by atoms with E-state index in [1.165, 1.54) is 11.3 Å². The highest BCUT2D eigenvalue weighted by Gasteiger charge is 2.32. The minimum atomic E-state index is -0.168. The highest BCUT2D eigenvalue weighted by molar-refractivity contribution is 7.22. The molecule has 0 atom stereocenters. The number of fused-ring (bicyclic) bond motifs is 2. The molecular weight excluding hydrogens is 346 g/mol. The average Bonchev–Trinajstić information content (AvgIpc) is 3.14. The molecule has 0 radical (unpaired) electrons. The third-order valence-corrected chi connectivity index (χ3v) is 5.30. The Kier molecular flexibility index (Phi) is 3.63. The van der Waals surface area contributed by atoms with Gasteiger partial charge in [-0.25, -0.2) is 4.98 Å². The molecule has 1 aliphatic rings. The molecule has 0 spiro atoms. The van der Waals surface area contributed by atoms with Gasteiger partial charge in [0.1, 0.15) is 0 Å². The number of nitrogens with zero attached hydrogens (tertiary/aromatic N) is 3. The molecule has 0 saturated carbocycles. The molecule has 0 aliphatic carbocycles. The van der Waals surface area contributed by atoms with Crippen molar-refractivity contribution in [3.8, 4) is 17.2 Å². The van der Waals surface area contributed by atoms with Crippen molar-refractivity contribution >= 4 is 38.3 Å². The second-order valence-electron chi connectivity index (χ2n) is 6.17. The van der Waals surface area contributed by atoms with Crippen molar-refractivity contribution in [2.45, 2.75) is 6.54 Å². The fraction of sp³-hybridized carbons (Fsp3) is 0.105. The van der Waals surface area contributed by atoms with Crippen molar-refractivity contribution in [3.05, 3.63) is 53.6 Å². The molecule has 0 unspecified atom stereocenters. The lowest BCUT2D eigenvalue weighted by atomic mass is 9.96. The first-order valence-corrected chi connectivity index (χ1v) is 8.74. The number of aromatic nitrogens is 1. The van der Waals surface area contributed by atoms with Crippen LogP contribution in [0.25, 0.3) is 21.3 Å². The van der Waals surface area contributed by atoms with Crippen LogP contribution in [0.15, 0.2) is 42.5 Å². The van der Waals surface area contributed by atoms with Crippen molar-refractivity contribution in [2.75, 3.05) is 18.0 Å². The van der Waals surface area contributed by atoms with Crippen LogP contribution in [-0.4, -0.2) is 22.3 Å². The highest BCUT2D eigenvalue weighted by Crippen LogP contribution is 2.38. The lowest BCUT2D eigenvalue weighted by molar-refractivity contribution is 0.0795. The summed E-state index contributed by atoms with van der Waals surface area (Å²) in [6.07, 6.45) is 0. The summed E-state index contributed by atoms with van der Waals surface area (Å²) in [5.74, 6) is -0.168. The molecule has 0 bridgehead atoms. The zero-order chi connectivity index (χ0) is 18.4. The SMILES string of the molecule is C=C(C#N)CN1Cc2c(-c3ccc4nc(N)sc4c3)ccc(N)c2C1=O. The predicted molar refractivity (Wildman–Crippen MR) is 103 cm³/mol. The highest BCUT2D eigenvalue weighted by atomic mass is 32.1. The number of carbonyl (C=O) groups is 1. The third kappa shape index (κ3) is 2.48. The first-order chi connectivity index (χ1) is 12.5. The number of hydrogen-bond acceptors (Lipinski definition) is 6. The van der Waals surface area contributed by atoms with Crippen molar-refractivity contribution in [2.24, 2.45) is 0 Å². The molecule has 1 amide bonds. The molecule has 4 N–H and O–H groups in total. The van der Waals surface area contributed by atoms with E-state index in [-0.39, 0.29) is 12.5 Å². The standard InChI is InChI=1S/C19H15N5OS/c1-10(7-20)8-24-9-13-12(3-4-14(21)17(13)18(24)25)11-2-5-15-16(6-11)26-19(22)23-15/h2-6H,1,8-9,21H2,(H2,22,23). The first kappa shape index (κ1) is 16.1. The molecule has 1 aliphatic heterocycles. The van der Waals surface area contributed by atoms with Crippen LogP contribution in [0.2, 0.25) is 0 Å². The van der Waals surface area contributed by atoms with Crippen LogP contribution in [0.5, 0.6) is 0 Å². The number of nitrogens with two attached hydrogens (primary N) is 2. The van der Waals surface area contributed by atoms with Gasteiger partial charge in [0.2, 0.25) is 0 Å². The summed E-state index contributed by atoms with van der Waals surface area (Å²) < 4.78 is 0.990. The lowest BCUT2D eigenvalue weighted by Crippen LogP contribution is -2.26. The fourth-order valence-corrected chi connectivity index (χ4v) is 4.05. The van der Waals surface area contributed by atoms with Crippen LogP contribution >= 0.6 is 11.3 Å². The second-order valence-corrected chi connectivity index (χ2v) is 7.23. The molecule has 0 fully saturated rings. The molecule has 7 heteroatoms. The maximum absolute atomic E-state index is 12.7. The van der Waals surface area contributed by atoms with Crippen molar-refractivity contribution in [1.82, 2.24) is 9.88 Å². The Morgan fingerprint density at radius 1 is 1.35 bits per heavy atom. The number of amides is 1. The molecule has 128 valence electrons. The monoisotopic (exact) mass is 361 g/mol. The van der Waals surface area contributed by atoms with E-state index in [4.69, 9.17) is 16.7 Å². The van der Waals surface area contributed by atoms with E-state index < -0.39 is 0 Å². The number of nitriles is 1. The van der Waals surface area contributed by atoms with Crippen LogP contribution in [0.3, 0.4) is 0 Å². The summed E-state index contributed by atoms with van der Waals surface area (Å²) in [6, 6.07) is 11.6. The summed E-state index contributed by atoms with van der Waals surface area (Å²) in [6.45, 7) is 4.27. The molecule has 1 aromatic heterocycles. The Bertz CT molecular complexity index is 1120. The number of thiazole rings is 1. The van der Waals surface area contributed by atoms with Crippen LogP contribution in [0.4, 0.5) is 10.8 Å². The summed E-state index contributed by atoms with van der Waals surface area (Å²) in [4.78, 5) is 18.6. The molecule has 4 rings (SSSR count). The summed E-state index contributed by atoms with van der Waals surface area (Å²) in [5, 5.41) is 9.49. The summed E-state index contributed by atoms with van der Waals surface area (Å²) in [5.41, 5.74) is 16.8. The number of hydrogen-bond donors (Lipinski definition) is 2. The van der Waals surface area contributed by atoms with E-state index in [0.717, 1.165) is 26.9 Å². The average molecular weight is 361 g/mol. The normalized spacial score (nSPS) is 13.0. The van der Waals surface area contributed by atoms with Crippen molar-refractivity contribution in [3.63, 3.8) is 0 Å². The van der Waals surface area contributed by atoms with Gasteiger partial charge in [0.25, 0.3) is 5.91 Å². The zero-order valence-electron chi connectivity index (χ0n) is 13.8. The van der Waals surface area contributed by atoms with Gasteiger partial charge in [-0.3, -0.25) is 4.79 Å². The number of benzene rings is 2. The van der Waals surface area contributed by atoms with Gasteiger partial charge in [-0.15, -0.1) is 0 Å². The topological polar surface area (TPSA) is 109 Å². The van der Waals surface area contributed by atoms with E-state index >= 15 is 0 Å². The summed E-state index contributed by atoms with van der Waals surface area (Å²) >= 11 is 1.43. The van der Waals surface area contributed by atoms with Crippen LogP contribution in [-0.2, 0) is 6.54 Å². The number of carbonyl (C=O) groups excluding carboxylic acids is 1. The van der Waals surface area contributed by atoms with E-state index in [1.54, 1.807) is 11.0 Å². The summed E-state index contributed by atoms with van der Waals surface area (Å²) in [7, 11) is 0. The number of nitrogen functional groups attached to an aromatic ring is 2. The third-order valence-electron chi connectivity index (χ3n) is 4.45. The Labute approximate surface area is 154 Å². The largest absolute Gasteiger partial charge is 0.398 e. The van der Waals surface area contributed by atoms with Crippen molar-refractivity contribution < 1.29 is 4.79 Å². The maximum atomic E-state index is 12.7. The quantitative estimate of drug-likeness (QED) is 0.550. The van der Waals surface area contributed by atoms with E-state index in [1.807, 2.05) is 30.3 Å². The van der Waals surface area contributed by atoms with Gasteiger partial charge < -0.3 is 16.4 Å². The van der Waals surface area contributed by atoms with Gasteiger partial charge in [0.05, 0.1) is 28.4 Å². The van der Waals surface area contributed by atoms with Gasteiger partial charge in [-0.2, -0.15) is 5.26 Å². The van der Waals surface area contributed by atoms with E-state index in [2.05, 4.69) is 11.6 Å². The van der Waals surface area contributed by atoms with E-state index in [9.17, 15) is 4.79 Å². The molecular formula is C19H15N5OS. The smallest absolute Gasteiger partial charge is 0.256 e. The first-order valence-electron chi connectivity index (χ1n) is 7.93. The molecule has 2 aromatic carbocycles. The molecule has 3 aromatic rings. The second kappa shape index (κ2) is 5.86. The number of rotatable bonds is 3. The van der Waals surface area contributed by atoms with Crippen molar-refractivity contribution in [1.29, 1.82) is 5.26 Å². The van der Waals surface area contributed by atoms with Crippen LogP contribution in [0.1, 0.15) is 15.9 Å². The van der Waals surface area contributed by atoms with E-state index in [0.29, 0.717) is 28.5 Å². The predicted octanol–water partition coefficient (Wildman–Crippen LogP) is 3.16. The molecule has 2 heterocycles. The van der Waals surface area contributed by atoms with Gasteiger partial charge in [0, 0.05) is 17.8 Å². The van der Waals surface area contributed by atoms with Gasteiger partial charge in [0.15, 0.2) is 5.13 Å². The van der Waals surface area contributed by atoms with Gasteiger partial charge >= 0.3 is 0 Å². The van der Waals surface area contributed by atoms with Gasteiger partial charge in [-0.1, -0.05) is 30.0 Å². The zero-order valence-corrected chi connectivity index (χ0v) is 14.6.